The van der Waals surface area contributed by atoms with Crippen LogP contribution in [0.2, 0.25) is 0 Å². The molecule has 1 aromatic carbocycles. The van der Waals surface area contributed by atoms with Crippen molar-refractivity contribution in [1.82, 2.24) is 5.32 Å². The van der Waals surface area contributed by atoms with E-state index in [2.05, 4.69) is 30.4 Å². The molecule has 106 valence electrons. The van der Waals surface area contributed by atoms with Crippen molar-refractivity contribution >= 4 is 0 Å². The fraction of sp³-hybridized carbons (Fsp3) is 0.625. The minimum Gasteiger partial charge on any atom is -0.390 e. The van der Waals surface area contributed by atoms with E-state index >= 15 is 0 Å². The van der Waals surface area contributed by atoms with E-state index in [0.717, 1.165) is 12.8 Å². The average Bonchev–Trinajstić information content (AvgIpc) is 2.43. The number of fused-ring (bicyclic) bond motifs is 1. The maximum Gasteiger partial charge on any atom is 0.0812 e. The second-order valence-electron chi connectivity index (χ2n) is 5.67. The Hall–Kier alpha value is -0.900. The van der Waals surface area contributed by atoms with Gasteiger partial charge in [-0.1, -0.05) is 25.1 Å². The highest BCUT2D eigenvalue weighted by molar-refractivity contribution is 5.36. The van der Waals surface area contributed by atoms with Crippen LogP contribution in [0.25, 0.3) is 0 Å². The van der Waals surface area contributed by atoms with Crippen molar-refractivity contribution in [2.45, 2.75) is 57.7 Å². The summed E-state index contributed by atoms with van der Waals surface area (Å²) in [5.41, 5.74) is 9.96. The summed E-state index contributed by atoms with van der Waals surface area (Å²) in [5, 5.41) is 13.3. The molecule has 3 heteroatoms. The third-order valence-corrected chi connectivity index (χ3v) is 4.11. The number of rotatable bonds is 5. The van der Waals surface area contributed by atoms with Crippen molar-refractivity contribution < 1.29 is 5.11 Å². The Balaban J connectivity index is 2.08. The Bertz CT molecular complexity index is 417. The standard InChI is InChI=1S/C16H26N2O/c1-3-12-7-8-13-5-4-6-15(14(13)9-12)18-10-16(19)11(2)17/h7-9,11,15-16,18-19H,3-6,10,17H2,1-2H3/t11-,15-,16+/m0/s1. The molecule has 1 aliphatic rings. The van der Waals surface area contributed by atoms with Gasteiger partial charge in [-0.3, -0.25) is 0 Å². The van der Waals surface area contributed by atoms with Gasteiger partial charge in [0.2, 0.25) is 0 Å². The first-order valence-corrected chi connectivity index (χ1v) is 7.40. The Morgan fingerprint density at radius 2 is 2.26 bits per heavy atom. The Morgan fingerprint density at radius 3 is 2.95 bits per heavy atom. The Kier molecular flexibility index (Phi) is 4.97. The molecule has 0 fully saturated rings. The van der Waals surface area contributed by atoms with E-state index in [1.54, 1.807) is 0 Å². The number of aryl methyl sites for hydroxylation is 2. The summed E-state index contributed by atoms with van der Waals surface area (Å²) in [6.07, 6.45) is 4.13. The van der Waals surface area contributed by atoms with Gasteiger partial charge in [0.05, 0.1) is 6.10 Å². The topological polar surface area (TPSA) is 58.3 Å². The van der Waals surface area contributed by atoms with Gasteiger partial charge in [-0.15, -0.1) is 0 Å². The lowest BCUT2D eigenvalue weighted by molar-refractivity contribution is 0.143. The number of hydrogen-bond acceptors (Lipinski definition) is 3. The average molecular weight is 262 g/mol. The summed E-state index contributed by atoms with van der Waals surface area (Å²) in [5.74, 6) is 0. The Morgan fingerprint density at radius 1 is 1.47 bits per heavy atom. The molecule has 3 atom stereocenters. The molecule has 2 rings (SSSR count). The molecule has 0 saturated heterocycles. The van der Waals surface area contributed by atoms with E-state index in [0.29, 0.717) is 12.6 Å². The number of aliphatic hydroxyl groups is 1. The number of nitrogens with one attached hydrogen (secondary N) is 1. The van der Waals surface area contributed by atoms with Crippen molar-refractivity contribution in [3.63, 3.8) is 0 Å². The van der Waals surface area contributed by atoms with E-state index < -0.39 is 6.10 Å². The molecule has 0 spiro atoms. The molecule has 0 amide bonds. The first kappa shape index (κ1) is 14.5. The highest BCUT2D eigenvalue weighted by atomic mass is 16.3. The molecular formula is C16H26N2O. The van der Waals surface area contributed by atoms with Gasteiger partial charge in [-0.25, -0.2) is 0 Å². The number of benzene rings is 1. The minimum atomic E-state index is -0.472. The van der Waals surface area contributed by atoms with E-state index in [4.69, 9.17) is 5.73 Å². The van der Waals surface area contributed by atoms with Gasteiger partial charge in [0, 0.05) is 18.6 Å². The van der Waals surface area contributed by atoms with Gasteiger partial charge in [-0.05, 0) is 49.3 Å². The van der Waals surface area contributed by atoms with Crippen LogP contribution in [-0.2, 0) is 12.8 Å². The van der Waals surface area contributed by atoms with Gasteiger partial charge >= 0.3 is 0 Å². The second kappa shape index (κ2) is 6.51. The molecule has 0 heterocycles. The van der Waals surface area contributed by atoms with Gasteiger partial charge in [-0.2, -0.15) is 0 Å². The molecule has 3 nitrogen and oxygen atoms in total. The summed E-state index contributed by atoms with van der Waals surface area (Å²) in [4.78, 5) is 0. The zero-order chi connectivity index (χ0) is 13.8. The third kappa shape index (κ3) is 3.56. The first-order valence-electron chi connectivity index (χ1n) is 7.40. The van der Waals surface area contributed by atoms with Crippen molar-refractivity contribution in [2.24, 2.45) is 5.73 Å². The molecule has 0 radical (unpaired) electrons. The summed E-state index contributed by atoms with van der Waals surface area (Å²) < 4.78 is 0. The summed E-state index contributed by atoms with van der Waals surface area (Å²) in [6.45, 7) is 4.60. The van der Waals surface area contributed by atoms with Crippen LogP contribution in [0.4, 0.5) is 0 Å². The van der Waals surface area contributed by atoms with Crippen LogP contribution in [0.3, 0.4) is 0 Å². The molecule has 0 bridgehead atoms. The van der Waals surface area contributed by atoms with Gasteiger partial charge in [0.15, 0.2) is 0 Å². The van der Waals surface area contributed by atoms with Crippen LogP contribution in [0.1, 0.15) is 49.4 Å². The molecule has 4 N–H and O–H groups in total. The summed E-state index contributed by atoms with van der Waals surface area (Å²) >= 11 is 0. The van der Waals surface area contributed by atoms with Crippen molar-refractivity contribution in [3.8, 4) is 0 Å². The van der Waals surface area contributed by atoms with Crippen molar-refractivity contribution in [3.05, 3.63) is 34.9 Å². The van der Waals surface area contributed by atoms with Crippen LogP contribution in [-0.4, -0.2) is 23.8 Å². The van der Waals surface area contributed by atoms with E-state index in [1.165, 1.54) is 29.5 Å². The van der Waals surface area contributed by atoms with Crippen molar-refractivity contribution in [2.75, 3.05) is 6.54 Å². The highest BCUT2D eigenvalue weighted by Crippen LogP contribution is 2.30. The summed E-state index contributed by atoms with van der Waals surface area (Å²) in [6, 6.07) is 7.01. The Labute approximate surface area is 116 Å². The summed E-state index contributed by atoms with van der Waals surface area (Å²) in [7, 11) is 0. The molecular weight excluding hydrogens is 236 g/mol. The SMILES string of the molecule is CCc1ccc2c(c1)[C@@H](NC[C@@H](O)[C@H](C)N)CCC2. The van der Waals surface area contributed by atoms with E-state index in [-0.39, 0.29) is 6.04 Å². The van der Waals surface area contributed by atoms with E-state index in [1.807, 2.05) is 6.92 Å². The van der Waals surface area contributed by atoms with Crippen LogP contribution in [0.5, 0.6) is 0 Å². The molecule has 0 aromatic heterocycles. The molecule has 1 aliphatic carbocycles. The van der Waals surface area contributed by atoms with Crippen molar-refractivity contribution in [1.29, 1.82) is 0 Å². The minimum absolute atomic E-state index is 0.183. The lowest BCUT2D eigenvalue weighted by Crippen LogP contribution is -2.41. The van der Waals surface area contributed by atoms with Gasteiger partial charge in [0.1, 0.15) is 0 Å². The predicted molar refractivity (Wildman–Crippen MR) is 79.2 cm³/mol. The van der Waals surface area contributed by atoms with Crippen LogP contribution in [0.15, 0.2) is 18.2 Å². The largest absolute Gasteiger partial charge is 0.390 e. The molecule has 1 aromatic rings. The fourth-order valence-corrected chi connectivity index (χ4v) is 2.73. The number of hydrogen-bond donors (Lipinski definition) is 3. The maximum atomic E-state index is 9.82. The molecule has 19 heavy (non-hydrogen) atoms. The second-order valence-corrected chi connectivity index (χ2v) is 5.67. The lowest BCUT2D eigenvalue weighted by atomic mass is 9.86. The quantitative estimate of drug-likeness (QED) is 0.760. The molecule has 0 saturated carbocycles. The first-order chi connectivity index (χ1) is 9.11. The lowest BCUT2D eigenvalue weighted by Gasteiger charge is -2.28. The highest BCUT2D eigenvalue weighted by Gasteiger charge is 2.21. The number of aliphatic hydroxyl groups excluding tert-OH is 1. The smallest absolute Gasteiger partial charge is 0.0812 e. The number of nitrogens with two attached hydrogens (primary N) is 1. The van der Waals surface area contributed by atoms with Gasteiger partial charge in [0.25, 0.3) is 0 Å². The molecule has 0 aliphatic heterocycles. The van der Waals surface area contributed by atoms with Crippen LogP contribution < -0.4 is 11.1 Å². The monoisotopic (exact) mass is 262 g/mol. The molecule has 0 unspecified atom stereocenters. The zero-order valence-electron chi connectivity index (χ0n) is 12.0. The fourth-order valence-electron chi connectivity index (χ4n) is 2.73. The van der Waals surface area contributed by atoms with Crippen LogP contribution in [0, 0.1) is 0 Å². The predicted octanol–water partition coefficient (Wildman–Crippen LogP) is 1.92. The maximum absolute atomic E-state index is 9.82. The van der Waals surface area contributed by atoms with Gasteiger partial charge < -0.3 is 16.2 Å². The van der Waals surface area contributed by atoms with E-state index in [9.17, 15) is 5.11 Å². The third-order valence-electron chi connectivity index (χ3n) is 4.11. The normalized spacial score (nSPS) is 21.8. The van der Waals surface area contributed by atoms with Crippen LogP contribution >= 0.6 is 0 Å². The zero-order valence-corrected chi connectivity index (χ0v) is 12.0.